The molecule has 0 unspecified atom stereocenters. The zero-order chi connectivity index (χ0) is 12.4. The van der Waals surface area contributed by atoms with Crippen LogP contribution in [0.25, 0.3) is 11.4 Å². The summed E-state index contributed by atoms with van der Waals surface area (Å²) in [7, 11) is 0. The van der Waals surface area contributed by atoms with E-state index in [4.69, 9.17) is 0 Å². The zero-order valence-electron chi connectivity index (χ0n) is 9.89. The Morgan fingerprint density at radius 1 is 1.33 bits per heavy atom. The van der Waals surface area contributed by atoms with Crippen molar-refractivity contribution in [2.75, 3.05) is 6.54 Å². The molecule has 1 heterocycles. The highest BCUT2D eigenvalue weighted by Crippen LogP contribution is 2.27. The van der Waals surface area contributed by atoms with Crippen LogP contribution in [-0.2, 0) is 0 Å². The summed E-state index contributed by atoms with van der Waals surface area (Å²) in [4.78, 5) is 15.9. The van der Waals surface area contributed by atoms with Gasteiger partial charge in [-0.1, -0.05) is 12.1 Å². The van der Waals surface area contributed by atoms with Crippen molar-refractivity contribution in [2.24, 2.45) is 5.92 Å². The molecule has 3 rings (SSSR count). The summed E-state index contributed by atoms with van der Waals surface area (Å²) < 4.78 is 0. The molecule has 0 bridgehead atoms. The van der Waals surface area contributed by atoms with Crippen molar-refractivity contribution in [3.8, 4) is 11.4 Å². The van der Waals surface area contributed by atoms with Gasteiger partial charge < -0.3 is 5.32 Å². The van der Waals surface area contributed by atoms with Crippen LogP contribution < -0.4 is 5.32 Å². The number of nitrogens with one attached hydrogen (secondary N) is 2. The highest BCUT2D eigenvalue weighted by molar-refractivity contribution is 5.94. The molecule has 0 saturated heterocycles. The highest BCUT2D eigenvalue weighted by Gasteiger charge is 2.21. The normalized spacial score (nSPS) is 14.4. The van der Waals surface area contributed by atoms with Crippen LogP contribution in [0.5, 0.6) is 0 Å². The molecular weight excluding hydrogens is 228 g/mol. The molecular formula is C13H14N4O. The van der Waals surface area contributed by atoms with E-state index in [1.54, 1.807) is 12.1 Å². The minimum atomic E-state index is -0.00831. The van der Waals surface area contributed by atoms with Gasteiger partial charge in [-0.25, -0.2) is 4.98 Å². The summed E-state index contributed by atoms with van der Waals surface area (Å²) in [6.07, 6.45) is 3.95. The number of carbonyl (C=O) groups is 1. The molecule has 1 aliphatic rings. The van der Waals surface area contributed by atoms with Gasteiger partial charge >= 0.3 is 0 Å². The zero-order valence-corrected chi connectivity index (χ0v) is 9.89. The topological polar surface area (TPSA) is 70.7 Å². The van der Waals surface area contributed by atoms with Crippen molar-refractivity contribution in [3.63, 3.8) is 0 Å². The second-order valence-corrected chi connectivity index (χ2v) is 4.56. The third kappa shape index (κ3) is 2.40. The van der Waals surface area contributed by atoms with Crippen molar-refractivity contribution < 1.29 is 4.79 Å². The fourth-order valence-electron chi connectivity index (χ4n) is 1.79. The Morgan fingerprint density at radius 2 is 2.11 bits per heavy atom. The van der Waals surface area contributed by atoms with Crippen LogP contribution in [0.3, 0.4) is 0 Å². The van der Waals surface area contributed by atoms with Gasteiger partial charge in [-0.3, -0.25) is 9.89 Å². The average molecular weight is 242 g/mol. The summed E-state index contributed by atoms with van der Waals surface area (Å²) in [5, 5.41) is 9.53. The number of aromatic nitrogens is 3. The van der Waals surface area contributed by atoms with Gasteiger partial charge in [-0.2, -0.15) is 5.10 Å². The molecule has 5 nitrogen and oxygen atoms in total. The summed E-state index contributed by atoms with van der Waals surface area (Å²) in [6.45, 7) is 0.794. The number of carbonyl (C=O) groups excluding carboxylic acids is 1. The van der Waals surface area contributed by atoms with Crippen molar-refractivity contribution >= 4 is 5.91 Å². The smallest absolute Gasteiger partial charge is 0.251 e. The molecule has 0 atom stereocenters. The minimum Gasteiger partial charge on any atom is -0.352 e. The second kappa shape index (κ2) is 4.60. The van der Waals surface area contributed by atoms with E-state index >= 15 is 0 Å². The Morgan fingerprint density at radius 3 is 2.72 bits per heavy atom. The number of H-pyrrole nitrogens is 1. The molecule has 92 valence electrons. The summed E-state index contributed by atoms with van der Waals surface area (Å²) in [6, 6.07) is 7.35. The number of hydrogen-bond acceptors (Lipinski definition) is 3. The predicted octanol–water partition coefficient (Wildman–Crippen LogP) is 1.61. The van der Waals surface area contributed by atoms with Crippen LogP contribution in [0, 0.1) is 5.92 Å². The molecule has 0 radical (unpaired) electrons. The molecule has 1 aliphatic carbocycles. The van der Waals surface area contributed by atoms with Gasteiger partial charge in [-0.05, 0) is 30.9 Å². The number of benzene rings is 1. The van der Waals surface area contributed by atoms with Gasteiger partial charge in [0.05, 0.1) is 0 Å². The lowest BCUT2D eigenvalue weighted by molar-refractivity contribution is 0.0952. The molecule has 0 aliphatic heterocycles. The molecule has 0 spiro atoms. The lowest BCUT2D eigenvalue weighted by Gasteiger charge is -2.04. The Balaban J connectivity index is 1.68. The maximum atomic E-state index is 11.8. The van der Waals surface area contributed by atoms with Crippen LogP contribution in [0.1, 0.15) is 23.2 Å². The first-order valence-corrected chi connectivity index (χ1v) is 6.07. The van der Waals surface area contributed by atoms with Crippen molar-refractivity contribution in [2.45, 2.75) is 12.8 Å². The fourth-order valence-corrected chi connectivity index (χ4v) is 1.79. The van der Waals surface area contributed by atoms with Crippen molar-refractivity contribution in [1.29, 1.82) is 0 Å². The van der Waals surface area contributed by atoms with Crippen LogP contribution in [-0.4, -0.2) is 27.6 Å². The number of rotatable bonds is 4. The van der Waals surface area contributed by atoms with Crippen molar-refractivity contribution in [1.82, 2.24) is 20.5 Å². The SMILES string of the molecule is O=C(NCC1CC1)c1ccc(-c2ncn[nH]2)cc1. The van der Waals surface area contributed by atoms with E-state index in [1.165, 1.54) is 19.2 Å². The molecule has 1 aromatic heterocycles. The second-order valence-electron chi connectivity index (χ2n) is 4.56. The molecule has 1 fully saturated rings. The van der Waals surface area contributed by atoms with Gasteiger partial charge in [0.1, 0.15) is 6.33 Å². The molecule has 2 N–H and O–H groups in total. The minimum absolute atomic E-state index is 0.00831. The standard InChI is InChI=1S/C13H14N4O/c18-13(14-7-9-1-2-9)11-5-3-10(4-6-11)12-15-8-16-17-12/h3-6,8-9H,1-2,7H2,(H,14,18)(H,15,16,17). The Hall–Kier alpha value is -2.17. The first-order chi connectivity index (χ1) is 8.83. The Bertz CT molecular complexity index is 529. The first-order valence-electron chi connectivity index (χ1n) is 6.07. The summed E-state index contributed by atoms with van der Waals surface area (Å²) in [5.74, 6) is 1.40. The summed E-state index contributed by atoms with van der Waals surface area (Å²) >= 11 is 0. The van der Waals surface area contributed by atoms with E-state index in [1.807, 2.05) is 12.1 Å². The number of hydrogen-bond donors (Lipinski definition) is 2. The number of nitrogens with zero attached hydrogens (tertiary/aromatic N) is 2. The number of aromatic amines is 1. The summed E-state index contributed by atoms with van der Waals surface area (Å²) in [5.41, 5.74) is 1.60. The van der Waals surface area contributed by atoms with E-state index in [2.05, 4.69) is 20.5 Å². The lowest BCUT2D eigenvalue weighted by atomic mass is 10.1. The Kier molecular flexibility index (Phi) is 2.80. The predicted molar refractivity (Wildman–Crippen MR) is 66.9 cm³/mol. The van der Waals surface area contributed by atoms with Crippen LogP contribution in [0.15, 0.2) is 30.6 Å². The molecule has 1 saturated carbocycles. The van der Waals surface area contributed by atoms with Gasteiger partial charge in [0, 0.05) is 17.7 Å². The monoisotopic (exact) mass is 242 g/mol. The van der Waals surface area contributed by atoms with Crippen LogP contribution in [0.4, 0.5) is 0 Å². The first kappa shape index (κ1) is 11.0. The average Bonchev–Trinajstić information content (AvgIpc) is 3.08. The van der Waals surface area contributed by atoms with Gasteiger partial charge in [0.15, 0.2) is 5.82 Å². The van der Waals surface area contributed by atoms with E-state index in [-0.39, 0.29) is 5.91 Å². The molecule has 18 heavy (non-hydrogen) atoms. The maximum absolute atomic E-state index is 11.8. The van der Waals surface area contributed by atoms with Crippen LogP contribution >= 0.6 is 0 Å². The Labute approximate surface area is 105 Å². The van der Waals surface area contributed by atoms with Gasteiger partial charge in [0.2, 0.25) is 0 Å². The molecule has 5 heteroatoms. The third-order valence-corrected chi connectivity index (χ3v) is 3.08. The molecule has 1 amide bonds. The van der Waals surface area contributed by atoms with Crippen LogP contribution in [0.2, 0.25) is 0 Å². The maximum Gasteiger partial charge on any atom is 0.251 e. The fraction of sp³-hybridized carbons (Fsp3) is 0.308. The lowest BCUT2D eigenvalue weighted by Crippen LogP contribution is -2.25. The van der Waals surface area contributed by atoms with E-state index in [0.29, 0.717) is 17.3 Å². The molecule has 1 aromatic carbocycles. The largest absolute Gasteiger partial charge is 0.352 e. The number of amides is 1. The highest BCUT2D eigenvalue weighted by atomic mass is 16.1. The third-order valence-electron chi connectivity index (χ3n) is 3.08. The van der Waals surface area contributed by atoms with E-state index in [9.17, 15) is 4.79 Å². The van der Waals surface area contributed by atoms with Crippen molar-refractivity contribution in [3.05, 3.63) is 36.2 Å². The van der Waals surface area contributed by atoms with E-state index in [0.717, 1.165) is 12.1 Å². The molecule has 2 aromatic rings. The van der Waals surface area contributed by atoms with Gasteiger partial charge in [0.25, 0.3) is 5.91 Å². The van der Waals surface area contributed by atoms with Gasteiger partial charge in [-0.15, -0.1) is 0 Å². The quantitative estimate of drug-likeness (QED) is 0.855. The van der Waals surface area contributed by atoms with E-state index < -0.39 is 0 Å².